The van der Waals surface area contributed by atoms with Crippen LogP contribution in [0.1, 0.15) is 30.5 Å². The molecular weight excluding hydrogens is 470 g/mol. The van der Waals surface area contributed by atoms with Crippen LogP contribution in [0.5, 0.6) is 0 Å². The highest BCUT2D eigenvalue weighted by atomic mass is 127. The van der Waals surface area contributed by atoms with E-state index >= 15 is 0 Å². The maximum atomic E-state index is 13.2. The smallest absolute Gasteiger partial charge is 0.221 e. The predicted octanol–water partition coefficient (Wildman–Crippen LogP) is 4.01. The molecular formula is C21H28FIN4O. The van der Waals surface area contributed by atoms with Crippen LogP contribution in [0.2, 0.25) is 0 Å². The molecule has 0 saturated heterocycles. The van der Waals surface area contributed by atoms with Crippen LogP contribution in [0.4, 0.5) is 10.1 Å². The first-order valence-corrected chi connectivity index (χ1v) is 9.11. The molecule has 0 radical (unpaired) electrons. The lowest BCUT2D eigenvalue weighted by Gasteiger charge is -2.12. The third-order valence-electron chi connectivity index (χ3n) is 4.00. The average Bonchev–Trinajstić information content (AvgIpc) is 2.61. The lowest BCUT2D eigenvalue weighted by Crippen LogP contribution is -2.38. The Morgan fingerprint density at radius 2 is 1.93 bits per heavy atom. The molecule has 2 rings (SSSR count). The van der Waals surface area contributed by atoms with Gasteiger partial charge in [0.2, 0.25) is 5.91 Å². The zero-order valence-corrected chi connectivity index (χ0v) is 18.8. The van der Waals surface area contributed by atoms with E-state index in [4.69, 9.17) is 0 Å². The van der Waals surface area contributed by atoms with E-state index in [2.05, 4.69) is 20.9 Å². The molecule has 0 spiro atoms. The van der Waals surface area contributed by atoms with Crippen molar-refractivity contribution >= 4 is 41.5 Å². The number of aryl methyl sites for hydroxylation is 1. The van der Waals surface area contributed by atoms with Crippen LogP contribution >= 0.6 is 24.0 Å². The van der Waals surface area contributed by atoms with E-state index in [0.29, 0.717) is 13.1 Å². The molecule has 1 amide bonds. The molecule has 0 atom stereocenters. The molecule has 2 aromatic carbocycles. The van der Waals surface area contributed by atoms with E-state index in [0.717, 1.165) is 41.3 Å². The normalized spacial score (nSPS) is 10.8. The number of amides is 1. The maximum absolute atomic E-state index is 13.2. The molecule has 0 aromatic heterocycles. The Morgan fingerprint density at radius 1 is 1.14 bits per heavy atom. The summed E-state index contributed by atoms with van der Waals surface area (Å²) in [6, 6.07) is 12.5. The molecule has 2 aromatic rings. The number of aliphatic imine (C=N–C) groups is 1. The van der Waals surface area contributed by atoms with Crippen LogP contribution in [0, 0.1) is 12.7 Å². The molecule has 5 nitrogen and oxygen atoms in total. The minimum atomic E-state index is -0.208. The summed E-state index contributed by atoms with van der Waals surface area (Å²) in [5.41, 5.74) is 3.84. The van der Waals surface area contributed by atoms with Gasteiger partial charge in [0.15, 0.2) is 5.96 Å². The second-order valence-corrected chi connectivity index (χ2v) is 6.32. The van der Waals surface area contributed by atoms with Crippen molar-refractivity contribution in [2.75, 3.05) is 18.4 Å². The van der Waals surface area contributed by atoms with Gasteiger partial charge in [-0.1, -0.05) is 18.2 Å². The van der Waals surface area contributed by atoms with Crippen molar-refractivity contribution in [3.63, 3.8) is 0 Å². The molecule has 0 saturated carbocycles. The van der Waals surface area contributed by atoms with E-state index in [1.807, 2.05) is 44.2 Å². The molecule has 0 bridgehead atoms. The van der Waals surface area contributed by atoms with Crippen molar-refractivity contribution in [1.82, 2.24) is 10.6 Å². The highest BCUT2D eigenvalue weighted by molar-refractivity contribution is 14.0. The van der Waals surface area contributed by atoms with Crippen molar-refractivity contribution in [1.29, 1.82) is 0 Å². The zero-order valence-electron chi connectivity index (χ0n) is 16.5. The standard InChI is InChI=1S/C21H27FN4O.HI/c1-4-23-21(24-11-10-18-8-9-19(22)12-15(18)2)25-14-17-6-5-7-20(13-17)26-16(3)27;/h5-9,12-13H,4,10-11,14H2,1-3H3,(H,26,27)(H2,23,24,25);1H. The average molecular weight is 498 g/mol. The first-order valence-electron chi connectivity index (χ1n) is 9.11. The van der Waals surface area contributed by atoms with Crippen LogP contribution in [0.3, 0.4) is 0 Å². The quantitative estimate of drug-likeness (QED) is 0.307. The van der Waals surface area contributed by atoms with Gasteiger partial charge in [0, 0.05) is 25.7 Å². The van der Waals surface area contributed by atoms with Gasteiger partial charge in [0.1, 0.15) is 5.82 Å². The first kappa shape index (κ1) is 23.9. The predicted molar refractivity (Wildman–Crippen MR) is 124 cm³/mol. The first-order chi connectivity index (χ1) is 13.0. The highest BCUT2D eigenvalue weighted by Crippen LogP contribution is 2.12. The second-order valence-electron chi connectivity index (χ2n) is 6.32. The molecule has 28 heavy (non-hydrogen) atoms. The number of rotatable bonds is 7. The largest absolute Gasteiger partial charge is 0.357 e. The molecule has 0 aliphatic heterocycles. The van der Waals surface area contributed by atoms with Crippen LogP contribution < -0.4 is 16.0 Å². The van der Waals surface area contributed by atoms with Crippen LogP contribution in [0.25, 0.3) is 0 Å². The van der Waals surface area contributed by atoms with Crippen LogP contribution in [0.15, 0.2) is 47.5 Å². The van der Waals surface area contributed by atoms with E-state index in [1.165, 1.54) is 13.0 Å². The summed E-state index contributed by atoms with van der Waals surface area (Å²) >= 11 is 0. The number of anilines is 1. The molecule has 0 heterocycles. The summed E-state index contributed by atoms with van der Waals surface area (Å²) in [6.45, 7) is 7.37. The fourth-order valence-corrected chi connectivity index (χ4v) is 2.72. The van der Waals surface area contributed by atoms with Gasteiger partial charge in [-0.2, -0.15) is 0 Å². The van der Waals surface area contributed by atoms with Crippen LogP contribution in [-0.4, -0.2) is 25.0 Å². The second kappa shape index (κ2) is 12.3. The Kier molecular flexibility index (Phi) is 10.5. The highest BCUT2D eigenvalue weighted by Gasteiger charge is 2.03. The van der Waals surface area contributed by atoms with E-state index in [-0.39, 0.29) is 35.7 Å². The van der Waals surface area contributed by atoms with Crippen molar-refractivity contribution in [3.8, 4) is 0 Å². The monoisotopic (exact) mass is 498 g/mol. The summed E-state index contributed by atoms with van der Waals surface area (Å²) in [4.78, 5) is 15.8. The number of nitrogens with zero attached hydrogens (tertiary/aromatic N) is 1. The summed E-state index contributed by atoms with van der Waals surface area (Å²) in [7, 11) is 0. The number of carbonyl (C=O) groups excluding carboxylic acids is 1. The number of guanidine groups is 1. The maximum Gasteiger partial charge on any atom is 0.221 e. The van der Waals surface area contributed by atoms with Crippen molar-refractivity contribution < 1.29 is 9.18 Å². The van der Waals surface area contributed by atoms with Crippen molar-refractivity contribution in [2.24, 2.45) is 4.99 Å². The van der Waals surface area contributed by atoms with Gasteiger partial charge < -0.3 is 16.0 Å². The number of benzene rings is 2. The third kappa shape index (κ3) is 8.24. The van der Waals surface area contributed by atoms with E-state index < -0.39 is 0 Å². The number of nitrogens with one attached hydrogen (secondary N) is 3. The molecule has 7 heteroatoms. The Bertz CT molecular complexity index is 811. The number of hydrogen-bond acceptors (Lipinski definition) is 2. The van der Waals surface area contributed by atoms with Gasteiger partial charge >= 0.3 is 0 Å². The summed E-state index contributed by atoms with van der Waals surface area (Å²) < 4.78 is 13.2. The molecule has 3 N–H and O–H groups in total. The molecule has 0 fully saturated rings. The van der Waals surface area contributed by atoms with Crippen molar-refractivity contribution in [2.45, 2.75) is 33.7 Å². The molecule has 0 aliphatic rings. The van der Waals surface area contributed by atoms with Gasteiger partial charge in [-0.15, -0.1) is 24.0 Å². The fourth-order valence-electron chi connectivity index (χ4n) is 2.72. The summed E-state index contributed by atoms with van der Waals surface area (Å²) in [5, 5.41) is 9.30. The molecule has 0 unspecified atom stereocenters. The van der Waals surface area contributed by atoms with Gasteiger partial charge in [-0.3, -0.25) is 4.79 Å². The zero-order chi connectivity index (χ0) is 19.6. The number of halogens is 2. The lowest BCUT2D eigenvalue weighted by molar-refractivity contribution is -0.114. The van der Waals surface area contributed by atoms with Gasteiger partial charge in [0.05, 0.1) is 6.54 Å². The number of hydrogen-bond donors (Lipinski definition) is 3. The Balaban J connectivity index is 0.00000392. The van der Waals surface area contributed by atoms with Gasteiger partial charge in [0.25, 0.3) is 0 Å². The Morgan fingerprint density at radius 3 is 2.61 bits per heavy atom. The Labute approximate surface area is 183 Å². The van der Waals surface area contributed by atoms with Gasteiger partial charge in [-0.05, 0) is 61.2 Å². The molecule has 0 aliphatic carbocycles. The summed E-state index contributed by atoms with van der Waals surface area (Å²) in [6.07, 6.45) is 0.786. The third-order valence-corrected chi connectivity index (χ3v) is 4.00. The Hall–Kier alpha value is -2.16. The molecule has 152 valence electrons. The van der Waals surface area contributed by atoms with Gasteiger partial charge in [-0.25, -0.2) is 9.38 Å². The van der Waals surface area contributed by atoms with E-state index in [1.54, 1.807) is 6.07 Å². The van der Waals surface area contributed by atoms with Crippen molar-refractivity contribution in [3.05, 3.63) is 65.0 Å². The SMILES string of the molecule is CCNC(=NCc1cccc(NC(C)=O)c1)NCCc1ccc(F)cc1C.I. The minimum Gasteiger partial charge on any atom is -0.357 e. The fraction of sp³-hybridized carbons (Fsp3) is 0.333. The van der Waals surface area contributed by atoms with E-state index in [9.17, 15) is 9.18 Å². The lowest BCUT2D eigenvalue weighted by atomic mass is 10.1. The minimum absolute atomic E-state index is 0. The summed E-state index contributed by atoms with van der Waals surface area (Å²) in [5.74, 6) is 0.421. The number of carbonyl (C=O) groups is 1. The van der Waals surface area contributed by atoms with Crippen LogP contribution in [-0.2, 0) is 17.8 Å². The topological polar surface area (TPSA) is 65.5 Å².